The number of carbonyl (C=O) groups excluding carboxylic acids is 1. The summed E-state index contributed by atoms with van der Waals surface area (Å²) in [5.41, 5.74) is 2.77. The van der Waals surface area contributed by atoms with Crippen LogP contribution in [-0.4, -0.2) is 41.5 Å². The first kappa shape index (κ1) is 15.2. The number of hydrogen-bond acceptors (Lipinski definition) is 3. The van der Waals surface area contributed by atoms with E-state index in [4.69, 9.17) is 5.11 Å². The van der Waals surface area contributed by atoms with Gasteiger partial charge >= 0.3 is 5.97 Å². The van der Waals surface area contributed by atoms with Crippen molar-refractivity contribution in [1.29, 1.82) is 0 Å². The summed E-state index contributed by atoms with van der Waals surface area (Å²) in [4.78, 5) is 24.2. The van der Waals surface area contributed by atoms with Crippen LogP contribution in [-0.2, 0) is 9.59 Å². The Morgan fingerprint density at radius 1 is 1.32 bits per heavy atom. The standard InChI is InChI=1S/C14H20N2O3/c1-9-6-5-7-10(2)13(9)15-12(17)8-16(4)11(3)14(18)19/h5-7,11H,8H2,1-4H3,(H,15,17)(H,18,19)/t11-/m1/s1. The number of nitrogens with one attached hydrogen (secondary N) is 1. The minimum Gasteiger partial charge on any atom is -0.480 e. The van der Waals surface area contributed by atoms with E-state index in [2.05, 4.69) is 5.32 Å². The number of para-hydroxylation sites is 1. The Balaban J connectivity index is 2.68. The largest absolute Gasteiger partial charge is 0.480 e. The number of carboxylic acids is 1. The van der Waals surface area contributed by atoms with E-state index in [0.717, 1.165) is 16.8 Å². The van der Waals surface area contributed by atoms with Crippen LogP contribution >= 0.6 is 0 Å². The van der Waals surface area contributed by atoms with Gasteiger partial charge in [-0.1, -0.05) is 18.2 Å². The van der Waals surface area contributed by atoms with Gasteiger partial charge < -0.3 is 10.4 Å². The molecule has 0 fully saturated rings. The summed E-state index contributed by atoms with van der Waals surface area (Å²) >= 11 is 0. The molecule has 0 aromatic heterocycles. The number of amides is 1. The molecule has 0 unspecified atom stereocenters. The summed E-state index contributed by atoms with van der Waals surface area (Å²) in [5.74, 6) is -1.16. The molecule has 0 saturated carbocycles. The highest BCUT2D eigenvalue weighted by Gasteiger charge is 2.19. The summed E-state index contributed by atoms with van der Waals surface area (Å²) < 4.78 is 0. The van der Waals surface area contributed by atoms with Crippen molar-refractivity contribution in [3.8, 4) is 0 Å². The Kier molecular flexibility index (Phi) is 5.06. The van der Waals surface area contributed by atoms with Crippen molar-refractivity contribution in [2.24, 2.45) is 0 Å². The summed E-state index contributed by atoms with van der Waals surface area (Å²) in [5, 5.41) is 11.7. The topological polar surface area (TPSA) is 69.6 Å². The van der Waals surface area contributed by atoms with Crippen LogP contribution in [0.1, 0.15) is 18.1 Å². The SMILES string of the molecule is Cc1cccc(C)c1NC(=O)CN(C)[C@H](C)C(=O)O. The highest BCUT2D eigenvalue weighted by atomic mass is 16.4. The van der Waals surface area contributed by atoms with Crippen LogP contribution in [0.15, 0.2) is 18.2 Å². The van der Waals surface area contributed by atoms with E-state index >= 15 is 0 Å². The Labute approximate surface area is 113 Å². The molecule has 0 spiro atoms. The Bertz CT molecular complexity index is 465. The molecule has 104 valence electrons. The van der Waals surface area contributed by atoms with E-state index in [1.54, 1.807) is 14.0 Å². The third kappa shape index (κ3) is 4.06. The number of aryl methyl sites for hydroxylation is 2. The molecule has 19 heavy (non-hydrogen) atoms. The van der Waals surface area contributed by atoms with Gasteiger partial charge in [-0.15, -0.1) is 0 Å². The van der Waals surface area contributed by atoms with Crippen LogP contribution < -0.4 is 5.32 Å². The van der Waals surface area contributed by atoms with Gasteiger partial charge in [0.15, 0.2) is 0 Å². The van der Waals surface area contributed by atoms with Crippen LogP contribution in [0, 0.1) is 13.8 Å². The summed E-state index contributed by atoms with van der Waals surface area (Å²) in [7, 11) is 1.61. The fourth-order valence-corrected chi connectivity index (χ4v) is 1.74. The first-order valence-electron chi connectivity index (χ1n) is 6.12. The average Bonchev–Trinajstić information content (AvgIpc) is 2.32. The lowest BCUT2D eigenvalue weighted by Gasteiger charge is -2.21. The minimum atomic E-state index is -0.942. The fourth-order valence-electron chi connectivity index (χ4n) is 1.74. The zero-order chi connectivity index (χ0) is 14.6. The number of hydrogen-bond donors (Lipinski definition) is 2. The first-order chi connectivity index (χ1) is 8.82. The molecule has 0 bridgehead atoms. The highest BCUT2D eigenvalue weighted by Crippen LogP contribution is 2.19. The smallest absolute Gasteiger partial charge is 0.320 e. The van der Waals surface area contributed by atoms with Crippen LogP contribution in [0.25, 0.3) is 0 Å². The number of anilines is 1. The van der Waals surface area contributed by atoms with Gasteiger partial charge in [0.2, 0.25) is 5.91 Å². The van der Waals surface area contributed by atoms with Crippen LogP contribution in [0.2, 0.25) is 0 Å². The lowest BCUT2D eigenvalue weighted by molar-refractivity contribution is -0.142. The molecule has 2 N–H and O–H groups in total. The second-order valence-electron chi connectivity index (χ2n) is 4.74. The number of nitrogens with zero attached hydrogens (tertiary/aromatic N) is 1. The van der Waals surface area contributed by atoms with E-state index in [1.807, 2.05) is 32.0 Å². The molecular formula is C14H20N2O3. The summed E-state index contributed by atoms with van der Waals surface area (Å²) in [6, 6.07) is 5.08. The van der Waals surface area contributed by atoms with Gasteiger partial charge in [0.25, 0.3) is 0 Å². The molecule has 5 heteroatoms. The lowest BCUT2D eigenvalue weighted by Crippen LogP contribution is -2.40. The van der Waals surface area contributed by atoms with Crippen molar-refractivity contribution in [1.82, 2.24) is 4.90 Å². The number of carboxylic acid groups (broad SMARTS) is 1. The predicted octanol–water partition coefficient (Wildman–Crippen LogP) is 1.65. The Hall–Kier alpha value is -1.88. The zero-order valence-corrected chi connectivity index (χ0v) is 11.7. The molecule has 0 aliphatic rings. The van der Waals surface area contributed by atoms with Crippen LogP contribution in [0.4, 0.5) is 5.69 Å². The molecule has 0 aliphatic heterocycles. The lowest BCUT2D eigenvalue weighted by atomic mass is 10.1. The maximum absolute atomic E-state index is 11.9. The Morgan fingerprint density at radius 2 is 1.84 bits per heavy atom. The van der Waals surface area contributed by atoms with Crippen LogP contribution in [0.3, 0.4) is 0 Å². The number of carbonyl (C=O) groups is 2. The number of likely N-dealkylation sites (N-methyl/N-ethyl adjacent to an activating group) is 1. The van der Waals surface area contributed by atoms with Gasteiger partial charge in [-0.05, 0) is 38.9 Å². The van der Waals surface area contributed by atoms with Gasteiger partial charge in [-0.2, -0.15) is 0 Å². The molecular weight excluding hydrogens is 244 g/mol. The van der Waals surface area contributed by atoms with E-state index in [9.17, 15) is 9.59 Å². The quantitative estimate of drug-likeness (QED) is 0.848. The van der Waals surface area contributed by atoms with Gasteiger partial charge in [0.1, 0.15) is 6.04 Å². The van der Waals surface area contributed by atoms with Crippen molar-refractivity contribution < 1.29 is 14.7 Å². The fraction of sp³-hybridized carbons (Fsp3) is 0.429. The zero-order valence-electron chi connectivity index (χ0n) is 11.7. The first-order valence-corrected chi connectivity index (χ1v) is 6.12. The third-order valence-electron chi connectivity index (χ3n) is 3.16. The number of aliphatic carboxylic acids is 1. The molecule has 1 amide bonds. The van der Waals surface area contributed by atoms with Crippen molar-refractivity contribution in [2.45, 2.75) is 26.8 Å². The Morgan fingerprint density at radius 3 is 2.32 bits per heavy atom. The summed E-state index contributed by atoms with van der Waals surface area (Å²) in [6.07, 6.45) is 0. The maximum atomic E-state index is 11.9. The molecule has 1 aromatic carbocycles. The molecule has 0 heterocycles. The molecule has 1 atom stereocenters. The maximum Gasteiger partial charge on any atom is 0.320 e. The number of benzene rings is 1. The minimum absolute atomic E-state index is 0.0429. The second kappa shape index (κ2) is 6.33. The second-order valence-corrected chi connectivity index (χ2v) is 4.74. The van der Waals surface area contributed by atoms with E-state index in [0.29, 0.717) is 0 Å². The molecule has 1 rings (SSSR count). The van der Waals surface area contributed by atoms with E-state index in [1.165, 1.54) is 4.90 Å². The highest BCUT2D eigenvalue weighted by molar-refractivity contribution is 5.94. The van der Waals surface area contributed by atoms with Gasteiger partial charge in [-0.25, -0.2) is 0 Å². The third-order valence-corrected chi connectivity index (χ3v) is 3.16. The molecule has 1 aromatic rings. The number of rotatable bonds is 5. The van der Waals surface area contributed by atoms with Crippen molar-refractivity contribution >= 4 is 17.6 Å². The monoisotopic (exact) mass is 264 g/mol. The normalized spacial score (nSPS) is 12.3. The molecule has 0 aliphatic carbocycles. The predicted molar refractivity (Wildman–Crippen MR) is 74.3 cm³/mol. The molecule has 0 saturated heterocycles. The van der Waals surface area contributed by atoms with E-state index in [-0.39, 0.29) is 12.5 Å². The van der Waals surface area contributed by atoms with Crippen molar-refractivity contribution in [3.05, 3.63) is 29.3 Å². The molecule has 0 radical (unpaired) electrons. The van der Waals surface area contributed by atoms with E-state index < -0.39 is 12.0 Å². The van der Waals surface area contributed by atoms with Gasteiger partial charge in [-0.3, -0.25) is 14.5 Å². The average molecular weight is 264 g/mol. The van der Waals surface area contributed by atoms with Gasteiger partial charge in [0, 0.05) is 5.69 Å². The van der Waals surface area contributed by atoms with Crippen molar-refractivity contribution in [2.75, 3.05) is 18.9 Å². The van der Waals surface area contributed by atoms with Crippen LogP contribution in [0.5, 0.6) is 0 Å². The van der Waals surface area contributed by atoms with Crippen molar-refractivity contribution in [3.63, 3.8) is 0 Å². The summed E-state index contributed by atoms with van der Waals surface area (Å²) in [6.45, 7) is 5.44. The van der Waals surface area contributed by atoms with Gasteiger partial charge in [0.05, 0.1) is 6.54 Å². The molecule has 5 nitrogen and oxygen atoms in total.